The minimum atomic E-state index is -0.163. The number of nitrogens with one attached hydrogen (secondary N) is 1. The van der Waals surface area contributed by atoms with Crippen LogP contribution in [0.4, 0.5) is 0 Å². The smallest absolute Gasteiger partial charge is 0.244 e. The summed E-state index contributed by atoms with van der Waals surface area (Å²) in [6, 6.07) is 0.350. The first-order valence-corrected chi connectivity index (χ1v) is 9.01. The van der Waals surface area contributed by atoms with Crippen molar-refractivity contribution in [3.05, 3.63) is 0 Å². The van der Waals surface area contributed by atoms with E-state index in [0.29, 0.717) is 30.1 Å². The van der Waals surface area contributed by atoms with Gasteiger partial charge in [-0.2, -0.15) is 0 Å². The van der Waals surface area contributed by atoms with Crippen LogP contribution in [0.3, 0.4) is 0 Å². The fourth-order valence-electron chi connectivity index (χ4n) is 5.02. The molecule has 5 rings (SSSR count). The maximum absolute atomic E-state index is 13.0. The molecule has 1 amide bonds. The first-order chi connectivity index (χ1) is 10.3. The summed E-state index contributed by atoms with van der Waals surface area (Å²) in [4.78, 5) is 15.3. The number of carbonyl (C=O) groups excluding carboxylic acids is 1. The molecule has 5 aliphatic rings. The summed E-state index contributed by atoms with van der Waals surface area (Å²) >= 11 is 0. The van der Waals surface area contributed by atoms with E-state index in [9.17, 15) is 4.79 Å². The average Bonchev–Trinajstić information content (AvgIpc) is 3.33. The van der Waals surface area contributed by atoms with Gasteiger partial charge in [0.25, 0.3) is 0 Å². The molecular weight excluding hydrogens is 264 g/mol. The molecule has 2 saturated heterocycles. The molecule has 4 nitrogen and oxygen atoms in total. The van der Waals surface area contributed by atoms with Crippen molar-refractivity contribution in [3.8, 4) is 0 Å². The Hall–Kier alpha value is -0.610. The molecule has 4 heteroatoms. The highest BCUT2D eigenvalue weighted by atomic mass is 16.5. The fraction of sp³-hybridized carbons (Fsp3) is 0.941. The number of hydrogen-bond acceptors (Lipinski definition) is 3. The molecule has 0 bridgehead atoms. The van der Waals surface area contributed by atoms with E-state index in [1.165, 1.54) is 38.5 Å². The molecule has 3 unspecified atom stereocenters. The Bertz CT molecular complexity index is 452. The second-order valence-electron chi connectivity index (χ2n) is 7.96. The summed E-state index contributed by atoms with van der Waals surface area (Å²) in [5.41, 5.74) is -0.163. The van der Waals surface area contributed by atoms with Gasteiger partial charge < -0.3 is 9.64 Å². The molecular formula is C17H26N2O2. The predicted molar refractivity (Wildman–Crippen MR) is 78.6 cm³/mol. The molecule has 3 aliphatic carbocycles. The number of nitrogens with zero attached hydrogens (tertiary/aromatic N) is 1. The zero-order chi connectivity index (χ0) is 14.0. The molecule has 0 aromatic carbocycles. The lowest BCUT2D eigenvalue weighted by Crippen LogP contribution is -2.51. The topological polar surface area (TPSA) is 41.6 Å². The maximum atomic E-state index is 13.0. The van der Waals surface area contributed by atoms with E-state index in [-0.39, 0.29) is 5.54 Å². The third-order valence-corrected chi connectivity index (χ3v) is 6.51. The SMILES string of the molecule is O=C1N(C2CCOC2C2CC2)C(C2CCCC2)NC12CC2. The second kappa shape index (κ2) is 4.45. The van der Waals surface area contributed by atoms with Gasteiger partial charge in [-0.1, -0.05) is 12.8 Å². The monoisotopic (exact) mass is 290 g/mol. The second-order valence-corrected chi connectivity index (χ2v) is 7.96. The first-order valence-electron chi connectivity index (χ1n) is 9.01. The van der Waals surface area contributed by atoms with Crippen molar-refractivity contribution in [1.29, 1.82) is 0 Å². The summed E-state index contributed by atoms with van der Waals surface area (Å²) in [6.07, 6.45) is 11.6. The van der Waals surface area contributed by atoms with Gasteiger partial charge in [-0.25, -0.2) is 0 Å². The van der Waals surface area contributed by atoms with Crippen LogP contribution in [0.15, 0.2) is 0 Å². The third-order valence-electron chi connectivity index (χ3n) is 6.51. The summed E-state index contributed by atoms with van der Waals surface area (Å²) in [5.74, 6) is 1.81. The molecule has 0 aromatic heterocycles. The van der Waals surface area contributed by atoms with Crippen molar-refractivity contribution in [2.45, 2.75) is 81.6 Å². The molecule has 116 valence electrons. The number of hydrogen-bond donors (Lipinski definition) is 1. The summed E-state index contributed by atoms with van der Waals surface area (Å²) < 4.78 is 6.03. The number of rotatable bonds is 3. The van der Waals surface area contributed by atoms with Gasteiger partial charge in [-0.3, -0.25) is 10.1 Å². The Morgan fingerprint density at radius 2 is 1.81 bits per heavy atom. The molecule has 21 heavy (non-hydrogen) atoms. The lowest BCUT2D eigenvalue weighted by molar-refractivity contribution is -0.135. The largest absolute Gasteiger partial charge is 0.376 e. The number of ether oxygens (including phenoxy) is 1. The van der Waals surface area contributed by atoms with Gasteiger partial charge in [-0.15, -0.1) is 0 Å². The van der Waals surface area contributed by atoms with Crippen LogP contribution >= 0.6 is 0 Å². The van der Waals surface area contributed by atoms with Crippen molar-refractivity contribution < 1.29 is 9.53 Å². The minimum absolute atomic E-state index is 0.163. The highest BCUT2D eigenvalue weighted by Crippen LogP contribution is 2.49. The van der Waals surface area contributed by atoms with E-state index in [0.717, 1.165) is 31.8 Å². The van der Waals surface area contributed by atoms with E-state index in [4.69, 9.17) is 4.74 Å². The van der Waals surface area contributed by atoms with E-state index >= 15 is 0 Å². The molecule has 5 fully saturated rings. The van der Waals surface area contributed by atoms with Crippen molar-refractivity contribution >= 4 is 5.91 Å². The molecule has 0 radical (unpaired) electrons. The van der Waals surface area contributed by atoms with Crippen molar-refractivity contribution in [2.24, 2.45) is 11.8 Å². The Labute approximate surface area is 126 Å². The average molecular weight is 290 g/mol. The highest BCUT2D eigenvalue weighted by molar-refractivity contribution is 5.92. The lowest BCUT2D eigenvalue weighted by Gasteiger charge is -2.36. The fourth-order valence-corrected chi connectivity index (χ4v) is 5.02. The molecule has 2 heterocycles. The Balaban J connectivity index is 1.44. The lowest BCUT2D eigenvalue weighted by atomic mass is 9.99. The van der Waals surface area contributed by atoms with Gasteiger partial charge in [0, 0.05) is 6.61 Å². The quantitative estimate of drug-likeness (QED) is 0.865. The number of amides is 1. The summed E-state index contributed by atoms with van der Waals surface area (Å²) in [7, 11) is 0. The molecule has 2 aliphatic heterocycles. The molecule has 3 saturated carbocycles. The predicted octanol–water partition coefficient (Wildman–Crippen LogP) is 2.03. The summed E-state index contributed by atoms with van der Waals surface area (Å²) in [6.45, 7) is 0.847. The van der Waals surface area contributed by atoms with Crippen LogP contribution in [0.2, 0.25) is 0 Å². The number of carbonyl (C=O) groups is 1. The van der Waals surface area contributed by atoms with Gasteiger partial charge >= 0.3 is 0 Å². The van der Waals surface area contributed by atoms with Crippen LogP contribution in [0.25, 0.3) is 0 Å². The Morgan fingerprint density at radius 3 is 2.48 bits per heavy atom. The molecule has 1 N–H and O–H groups in total. The van der Waals surface area contributed by atoms with E-state index in [1.807, 2.05) is 0 Å². The zero-order valence-electron chi connectivity index (χ0n) is 12.7. The van der Waals surface area contributed by atoms with Gasteiger partial charge in [0.1, 0.15) is 0 Å². The van der Waals surface area contributed by atoms with Gasteiger partial charge in [0.2, 0.25) is 5.91 Å². The van der Waals surface area contributed by atoms with Gasteiger partial charge in [-0.05, 0) is 56.8 Å². The van der Waals surface area contributed by atoms with Gasteiger partial charge in [0.15, 0.2) is 0 Å². The zero-order valence-corrected chi connectivity index (χ0v) is 12.7. The van der Waals surface area contributed by atoms with Crippen LogP contribution < -0.4 is 5.32 Å². The minimum Gasteiger partial charge on any atom is -0.376 e. The van der Waals surface area contributed by atoms with E-state index < -0.39 is 0 Å². The normalized spacial score (nSPS) is 42.4. The summed E-state index contributed by atoms with van der Waals surface area (Å²) in [5, 5.41) is 3.76. The van der Waals surface area contributed by atoms with Crippen LogP contribution in [-0.4, -0.2) is 41.3 Å². The third kappa shape index (κ3) is 1.91. The van der Waals surface area contributed by atoms with Crippen LogP contribution in [-0.2, 0) is 9.53 Å². The molecule has 3 atom stereocenters. The van der Waals surface area contributed by atoms with Crippen LogP contribution in [0, 0.1) is 11.8 Å². The standard InChI is InChI=1S/C17H26N2O2/c20-16-17(8-9-17)18-15(12-3-1-2-4-12)19(16)13-7-10-21-14(13)11-5-6-11/h11-15,18H,1-10H2. The Morgan fingerprint density at radius 1 is 1.05 bits per heavy atom. The Kier molecular flexibility index (Phi) is 2.73. The van der Waals surface area contributed by atoms with Crippen molar-refractivity contribution in [1.82, 2.24) is 10.2 Å². The van der Waals surface area contributed by atoms with Crippen molar-refractivity contribution in [2.75, 3.05) is 6.61 Å². The van der Waals surface area contributed by atoms with Crippen LogP contribution in [0.5, 0.6) is 0 Å². The molecule has 1 spiro atoms. The first kappa shape index (κ1) is 12.9. The van der Waals surface area contributed by atoms with Gasteiger partial charge in [0.05, 0.1) is 23.9 Å². The highest BCUT2D eigenvalue weighted by Gasteiger charge is 2.63. The maximum Gasteiger partial charge on any atom is 0.244 e. The van der Waals surface area contributed by atoms with Crippen LogP contribution in [0.1, 0.15) is 57.8 Å². The van der Waals surface area contributed by atoms with E-state index in [2.05, 4.69) is 10.2 Å². The van der Waals surface area contributed by atoms with E-state index in [1.54, 1.807) is 0 Å². The van der Waals surface area contributed by atoms with Crippen molar-refractivity contribution in [3.63, 3.8) is 0 Å². The molecule has 0 aromatic rings.